The van der Waals surface area contributed by atoms with Crippen molar-refractivity contribution >= 4 is 11.9 Å². The lowest BCUT2D eigenvalue weighted by molar-refractivity contribution is -0.894. The SMILES string of the molecule is O=C1NC2(CCCCCC2)C(=O)N1C[NH+]1CCCC1. The van der Waals surface area contributed by atoms with E-state index < -0.39 is 5.54 Å². The Kier molecular flexibility index (Phi) is 3.48. The van der Waals surface area contributed by atoms with Gasteiger partial charge in [0.2, 0.25) is 0 Å². The summed E-state index contributed by atoms with van der Waals surface area (Å²) in [5, 5.41) is 3.01. The highest BCUT2D eigenvalue weighted by atomic mass is 16.2. The van der Waals surface area contributed by atoms with E-state index in [1.165, 1.54) is 35.5 Å². The van der Waals surface area contributed by atoms with Crippen molar-refractivity contribution in [3.05, 3.63) is 0 Å². The zero-order valence-electron chi connectivity index (χ0n) is 11.5. The van der Waals surface area contributed by atoms with E-state index in [-0.39, 0.29) is 11.9 Å². The number of amides is 3. The third-order valence-electron chi connectivity index (χ3n) is 4.90. The summed E-state index contributed by atoms with van der Waals surface area (Å²) in [6, 6.07) is -0.161. The molecule has 3 aliphatic rings. The van der Waals surface area contributed by atoms with Crippen LogP contribution in [-0.2, 0) is 4.79 Å². The molecule has 0 aromatic carbocycles. The fraction of sp³-hybridized carbons (Fsp3) is 0.857. The summed E-state index contributed by atoms with van der Waals surface area (Å²) in [4.78, 5) is 27.6. The minimum atomic E-state index is -0.563. The second-order valence-corrected chi connectivity index (χ2v) is 6.27. The van der Waals surface area contributed by atoms with Crippen LogP contribution in [0.3, 0.4) is 0 Å². The molecule has 0 bridgehead atoms. The molecule has 3 fully saturated rings. The number of carbonyl (C=O) groups is 2. The van der Waals surface area contributed by atoms with Crippen LogP contribution >= 0.6 is 0 Å². The van der Waals surface area contributed by atoms with Gasteiger partial charge in [-0.05, 0) is 12.8 Å². The molecule has 1 spiro atoms. The molecule has 0 aromatic rings. The zero-order chi connectivity index (χ0) is 13.3. The van der Waals surface area contributed by atoms with Crippen molar-refractivity contribution in [3.63, 3.8) is 0 Å². The molecule has 2 saturated heterocycles. The number of hydrogen-bond donors (Lipinski definition) is 2. The zero-order valence-corrected chi connectivity index (χ0v) is 11.5. The quantitative estimate of drug-likeness (QED) is 0.705. The maximum Gasteiger partial charge on any atom is 0.329 e. The Morgan fingerprint density at radius 1 is 1.00 bits per heavy atom. The second-order valence-electron chi connectivity index (χ2n) is 6.27. The van der Waals surface area contributed by atoms with Crippen LogP contribution < -0.4 is 10.2 Å². The van der Waals surface area contributed by atoms with E-state index >= 15 is 0 Å². The molecule has 3 rings (SSSR count). The normalized spacial score (nSPS) is 27.9. The minimum absolute atomic E-state index is 0.0406. The van der Waals surface area contributed by atoms with Gasteiger partial charge >= 0.3 is 6.03 Å². The maximum atomic E-state index is 12.7. The van der Waals surface area contributed by atoms with Crippen LogP contribution in [-0.4, -0.2) is 42.1 Å². The van der Waals surface area contributed by atoms with E-state index in [4.69, 9.17) is 0 Å². The Labute approximate surface area is 114 Å². The summed E-state index contributed by atoms with van der Waals surface area (Å²) in [7, 11) is 0. The van der Waals surface area contributed by atoms with Gasteiger partial charge in [-0.15, -0.1) is 0 Å². The van der Waals surface area contributed by atoms with Gasteiger partial charge in [-0.2, -0.15) is 0 Å². The summed E-state index contributed by atoms with van der Waals surface area (Å²) in [6.45, 7) is 2.74. The smallest absolute Gasteiger partial charge is 0.323 e. The molecule has 5 nitrogen and oxygen atoms in total. The number of nitrogens with one attached hydrogen (secondary N) is 2. The van der Waals surface area contributed by atoms with Crippen LogP contribution in [0.2, 0.25) is 0 Å². The van der Waals surface area contributed by atoms with E-state index in [9.17, 15) is 9.59 Å². The number of carbonyl (C=O) groups excluding carboxylic acids is 2. The van der Waals surface area contributed by atoms with Crippen LogP contribution in [0.15, 0.2) is 0 Å². The van der Waals surface area contributed by atoms with Crippen LogP contribution in [0.1, 0.15) is 51.4 Å². The van der Waals surface area contributed by atoms with Crippen LogP contribution in [0.25, 0.3) is 0 Å². The van der Waals surface area contributed by atoms with E-state index in [1.807, 2.05) is 0 Å². The van der Waals surface area contributed by atoms with Crippen molar-refractivity contribution in [1.82, 2.24) is 10.2 Å². The van der Waals surface area contributed by atoms with Gasteiger partial charge in [-0.1, -0.05) is 25.7 Å². The van der Waals surface area contributed by atoms with Crippen LogP contribution in [0.5, 0.6) is 0 Å². The predicted molar refractivity (Wildman–Crippen MR) is 70.6 cm³/mol. The maximum absolute atomic E-state index is 12.7. The summed E-state index contributed by atoms with van der Waals surface area (Å²) in [5.41, 5.74) is -0.563. The van der Waals surface area contributed by atoms with Gasteiger partial charge in [0.25, 0.3) is 5.91 Å². The van der Waals surface area contributed by atoms with E-state index in [0.717, 1.165) is 38.8 Å². The summed E-state index contributed by atoms with van der Waals surface area (Å²) >= 11 is 0. The lowest BCUT2D eigenvalue weighted by atomic mass is 9.90. The number of quaternary nitrogens is 1. The van der Waals surface area contributed by atoms with Gasteiger partial charge in [-0.25, -0.2) is 9.69 Å². The molecule has 2 heterocycles. The van der Waals surface area contributed by atoms with Gasteiger partial charge in [0.1, 0.15) is 5.54 Å². The van der Waals surface area contributed by atoms with Gasteiger partial charge in [0, 0.05) is 12.8 Å². The molecule has 0 atom stereocenters. The van der Waals surface area contributed by atoms with Crippen molar-refractivity contribution < 1.29 is 14.5 Å². The predicted octanol–water partition coefficient (Wildman–Crippen LogP) is 0.267. The molecule has 2 aliphatic heterocycles. The van der Waals surface area contributed by atoms with Gasteiger partial charge < -0.3 is 10.2 Å². The summed E-state index contributed by atoms with van der Waals surface area (Å²) in [5.74, 6) is 0.0406. The molecule has 0 aromatic heterocycles. The van der Waals surface area contributed by atoms with Crippen LogP contribution in [0, 0.1) is 0 Å². The van der Waals surface area contributed by atoms with Crippen molar-refractivity contribution in [2.75, 3.05) is 19.8 Å². The monoisotopic (exact) mass is 266 g/mol. The van der Waals surface area contributed by atoms with E-state index in [1.54, 1.807) is 0 Å². The Hall–Kier alpha value is -1.10. The molecule has 19 heavy (non-hydrogen) atoms. The summed E-state index contributed by atoms with van der Waals surface area (Å²) < 4.78 is 0. The van der Waals surface area contributed by atoms with Crippen molar-refractivity contribution in [1.29, 1.82) is 0 Å². The first kappa shape index (κ1) is 12.9. The first-order valence-corrected chi connectivity index (χ1v) is 7.69. The fourth-order valence-corrected chi connectivity index (χ4v) is 3.75. The third-order valence-corrected chi connectivity index (χ3v) is 4.90. The molecular weight excluding hydrogens is 242 g/mol. The van der Waals surface area contributed by atoms with Crippen molar-refractivity contribution in [2.24, 2.45) is 0 Å². The molecule has 5 heteroatoms. The van der Waals surface area contributed by atoms with E-state index in [2.05, 4.69) is 5.32 Å². The first-order valence-electron chi connectivity index (χ1n) is 7.69. The van der Waals surface area contributed by atoms with Gasteiger partial charge in [0.05, 0.1) is 13.1 Å². The highest BCUT2D eigenvalue weighted by Gasteiger charge is 2.51. The van der Waals surface area contributed by atoms with E-state index in [0.29, 0.717) is 6.67 Å². The van der Waals surface area contributed by atoms with Gasteiger partial charge in [-0.3, -0.25) is 4.79 Å². The fourth-order valence-electron chi connectivity index (χ4n) is 3.75. The number of rotatable bonds is 2. The molecule has 0 radical (unpaired) electrons. The van der Waals surface area contributed by atoms with Crippen LogP contribution in [0.4, 0.5) is 4.79 Å². The highest BCUT2D eigenvalue weighted by Crippen LogP contribution is 2.32. The first-order chi connectivity index (χ1) is 9.21. The minimum Gasteiger partial charge on any atom is -0.323 e. The molecule has 1 saturated carbocycles. The topological polar surface area (TPSA) is 53.9 Å². The number of nitrogens with zero attached hydrogens (tertiary/aromatic N) is 1. The Bertz CT molecular complexity index is 369. The Morgan fingerprint density at radius 3 is 2.26 bits per heavy atom. The number of imide groups is 1. The van der Waals surface area contributed by atoms with Gasteiger partial charge in [0.15, 0.2) is 6.67 Å². The third kappa shape index (κ3) is 2.36. The molecular formula is C14H24N3O2+. The average Bonchev–Trinajstić information content (AvgIpc) is 2.89. The van der Waals surface area contributed by atoms with Crippen molar-refractivity contribution in [2.45, 2.75) is 56.9 Å². The molecule has 106 valence electrons. The largest absolute Gasteiger partial charge is 0.329 e. The Morgan fingerprint density at radius 2 is 1.63 bits per heavy atom. The number of urea groups is 1. The summed E-state index contributed by atoms with van der Waals surface area (Å²) in [6.07, 6.45) is 8.54. The number of likely N-dealkylation sites (tertiary alicyclic amines) is 1. The Balaban J connectivity index is 1.72. The number of hydrogen-bond acceptors (Lipinski definition) is 2. The second kappa shape index (κ2) is 5.12. The van der Waals surface area contributed by atoms with Crippen molar-refractivity contribution in [3.8, 4) is 0 Å². The highest BCUT2D eigenvalue weighted by molar-refractivity contribution is 6.06. The molecule has 0 unspecified atom stereocenters. The standard InChI is InChI=1S/C14H23N3O2/c18-12-14(7-3-1-2-4-8-14)15-13(19)17(12)11-16-9-5-6-10-16/h1-11H2,(H,15,19)/p+1. The molecule has 3 amide bonds. The lowest BCUT2D eigenvalue weighted by Gasteiger charge is -2.25. The lowest BCUT2D eigenvalue weighted by Crippen LogP contribution is -3.11. The molecule has 2 N–H and O–H groups in total. The average molecular weight is 266 g/mol. The molecule has 1 aliphatic carbocycles.